The molecule has 3 aromatic rings. The van der Waals surface area contributed by atoms with Gasteiger partial charge in [-0.2, -0.15) is 0 Å². The van der Waals surface area contributed by atoms with Gasteiger partial charge in [0.15, 0.2) is 0 Å². The van der Waals surface area contributed by atoms with Crippen molar-refractivity contribution < 1.29 is 21.9 Å². The van der Waals surface area contributed by atoms with Gasteiger partial charge in [-0.15, -0.1) is 0 Å². The molecule has 3 rings (SSSR count). The first-order chi connectivity index (χ1) is 13.3. The summed E-state index contributed by atoms with van der Waals surface area (Å²) in [5.41, 5.74) is 0.353. The summed E-state index contributed by atoms with van der Waals surface area (Å²) >= 11 is 5.94. The Morgan fingerprint density at radius 1 is 1.18 bits per heavy atom. The highest BCUT2D eigenvalue weighted by atomic mass is 35.5. The van der Waals surface area contributed by atoms with Crippen LogP contribution in [0.25, 0.3) is 11.3 Å². The maximum absolute atomic E-state index is 14.5. The van der Waals surface area contributed by atoms with Gasteiger partial charge in [-0.25, -0.2) is 21.2 Å². The third-order valence-corrected chi connectivity index (χ3v) is 6.00. The van der Waals surface area contributed by atoms with E-state index in [4.69, 9.17) is 16.3 Å². The van der Waals surface area contributed by atoms with E-state index in [1.165, 1.54) is 37.6 Å². The lowest BCUT2D eigenvalue weighted by atomic mass is 10.1. The zero-order valence-electron chi connectivity index (χ0n) is 15.0. The van der Waals surface area contributed by atoms with Crippen LogP contribution in [0.4, 0.5) is 8.78 Å². The minimum atomic E-state index is -4.13. The number of methoxy groups -OCH3 is 1. The van der Waals surface area contributed by atoms with Crippen molar-refractivity contribution in [2.75, 3.05) is 14.2 Å². The Kier molecular flexibility index (Phi) is 5.74. The third kappa shape index (κ3) is 3.63. The summed E-state index contributed by atoms with van der Waals surface area (Å²) in [5.74, 6) is -1.51. The van der Waals surface area contributed by atoms with Crippen LogP contribution in [-0.4, -0.2) is 26.5 Å². The number of ether oxygens (including phenoxy) is 1. The minimum absolute atomic E-state index is 0.0368. The number of rotatable bonds is 6. The second-order valence-electron chi connectivity index (χ2n) is 5.95. The van der Waals surface area contributed by atoms with Crippen molar-refractivity contribution in [1.29, 1.82) is 0 Å². The molecule has 0 radical (unpaired) electrons. The Balaban J connectivity index is 2.34. The van der Waals surface area contributed by atoms with Crippen molar-refractivity contribution in [3.8, 4) is 17.0 Å². The van der Waals surface area contributed by atoms with E-state index in [2.05, 4.69) is 5.32 Å². The van der Waals surface area contributed by atoms with Crippen LogP contribution in [0.5, 0.6) is 5.75 Å². The monoisotopic (exact) mass is 426 g/mol. The maximum atomic E-state index is 14.5. The summed E-state index contributed by atoms with van der Waals surface area (Å²) in [7, 11) is -1.10. The number of benzene rings is 2. The lowest BCUT2D eigenvalue weighted by molar-refractivity contribution is 0.411. The molecule has 9 heteroatoms. The minimum Gasteiger partial charge on any atom is -0.494 e. The molecule has 0 unspecified atom stereocenters. The highest BCUT2D eigenvalue weighted by Gasteiger charge is 2.28. The Morgan fingerprint density at radius 3 is 2.54 bits per heavy atom. The normalized spacial score (nSPS) is 11.6. The predicted molar refractivity (Wildman–Crippen MR) is 103 cm³/mol. The molecule has 0 aliphatic carbocycles. The molecule has 0 bridgehead atoms. The summed E-state index contributed by atoms with van der Waals surface area (Å²) < 4.78 is 60.8. The third-order valence-electron chi connectivity index (χ3n) is 4.11. The standard InChI is InChI=1S/C19H17ClF2N2O3S/c1-23-10-12-11-24(28(25,26)15-5-3-4-13(20)8-15)18(19(12)27-2)16-7-6-14(21)9-17(16)22/h3-9,11,23H,10H2,1-2H3. The highest BCUT2D eigenvalue weighted by Crippen LogP contribution is 2.39. The molecule has 0 spiro atoms. The number of halogens is 3. The van der Waals surface area contributed by atoms with E-state index >= 15 is 0 Å². The average molecular weight is 427 g/mol. The Hall–Kier alpha value is -2.42. The van der Waals surface area contributed by atoms with Gasteiger partial charge in [0.05, 0.1) is 12.0 Å². The van der Waals surface area contributed by atoms with Crippen LogP contribution in [0.1, 0.15) is 5.56 Å². The summed E-state index contributed by atoms with van der Waals surface area (Å²) in [4.78, 5) is -0.0718. The molecule has 0 saturated carbocycles. The zero-order chi connectivity index (χ0) is 20.5. The second-order valence-corrected chi connectivity index (χ2v) is 8.20. The van der Waals surface area contributed by atoms with Gasteiger partial charge in [0.2, 0.25) is 0 Å². The van der Waals surface area contributed by atoms with Crippen molar-refractivity contribution in [3.63, 3.8) is 0 Å². The first-order valence-corrected chi connectivity index (χ1v) is 10.0. The highest BCUT2D eigenvalue weighted by molar-refractivity contribution is 7.90. The number of hydrogen-bond donors (Lipinski definition) is 1. The van der Waals surface area contributed by atoms with E-state index in [-0.39, 0.29) is 33.5 Å². The first kappa shape index (κ1) is 20.3. The van der Waals surface area contributed by atoms with Gasteiger partial charge in [-0.3, -0.25) is 0 Å². The molecule has 0 aliphatic rings. The van der Waals surface area contributed by atoms with E-state index < -0.39 is 21.7 Å². The second kappa shape index (κ2) is 7.90. The fourth-order valence-corrected chi connectivity index (χ4v) is 4.61. The Bertz CT molecular complexity index is 1130. The summed E-state index contributed by atoms with van der Waals surface area (Å²) in [6, 6.07) is 8.65. The maximum Gasteiger partial charge on any atom is 0.268 e. The molecule has 1 heterocycles. The van der Waals surface area contributed by atoms with Crippen LogP contribution in [0.3, 0.4) is 0 Å². The fourth-order valence-electron chi connectivity index (χ4n) is 2.91. The predicted octanol–water partition coefficient (Wildman–Crippen LogP) is 4.05. The largest absolute Gasteiger partial charge is 0.494 e. The molecule has 0 atom stereocenters. The first-order valence-electron chi connectivity index (χ1n) is 8.19. The van der Waals surface area contributed by atoms with Gasteiger partial charge in [-0.05, 0) is 37.4 Å². The average Bonchev–Trinajstić information content (AvgIpc) is 3.01. The molecular weight excluding hydrogens is 410 g/mol. The lowest BCUT2D eigenvalue weighted by Gasteiger charge is -2.13. The van der Waals surface area contributed by atoms with Gasteiger partial charge >= 0.3 is 0 Å². The van der Waals surface area contributed by atoms with E-state index in [1.54, 1.807) is 13.1 Å². The lowest BCUT2D eigenvalue weighted by Crippen LogP contribution is -2.14. The molecular formula is C19H17ClF2N2O3S. The SMILES string of the molecule is CNCc1cn(S(=O)(=O)c2cccc(Cl)c2)c(-c2ccc(F)cc2F)c1OC. The van der Waals surface area contributed by atoms with Gasteiger partial charge in [-0.1, -0.05) is 17.7 Å². The zero-order valence-corrected chi connectivity index (χ0v) is 16.6. The molecule has 1 N–H and O–H groups in total. The van der Waals surface area contributed by atoms with E-state index in [0.717, 1.165) is 10.0 Å². The Morgan fingerprint density at radius 2 is 1.93 bits per heavy atom. The van der Waals surface area contributed by atoms with Crippen LogP contribution >= 0.6 is 11.6 Å². The van der Waals surface area contributed by atoms with Crippen molar-refractivity contribution in [1.82, 2.24) is 9.29 Å². The van der Waals surface area contributed by atoms with Crippen molar-refractivity contribution >= 4 is 21.6 Å². The summed E-state index contributed by atoms with van der Waals surface area (Å²) in [6.45, 7) is 0.275. The van der Waals surface area contributed by atoms with Crippen molar-refractivity contribution in [2.24, 2.45) is 0 Å². The number of hydrogen-bond acceptors (Lipinski definition) is 4. The topological polar surface area (TPSA) is 60.3 Å². The quantitative estimate of drug-likeness (QED) is 0.646. The Labute approximate surface area is 166 Å². The van der Waals surface area contributed by atoms with Crippen LogP contribution in [0, 0.1) is 11.6 Å². The molecule has 0 amide bonds. The smallest absolute Gasteiger partial charge is 0.268 e. The molecule has 0 saturated heterocycles. The molecule has 148 valence electrons. The van der Waals surface area contributed by atoms with Crippen LogP contribution in [0.2, 0.25) is 5.02 Å². The fraction of sp³-hybridized carbons (Fsp3) is 0.158. The van der Waals surface area contributed by atoms with Crippen molar-refractivity contribution in [2.45, 2.75) is 11.4 Å². The van der Waals surface area contributed by atoms with Crippen LogP contribution < -0.4 is 10.1 Å². The molecule has 2 aromatic carbocycles. The molecule has 1 aromatic heterocycles. The number of nitrogens with one attached hydrogen (secondary N) is 1. The molecule has 0 fully saturated rings. The van der Waals surface area contributed by atoms with Gasteiger partial charge in [0.1, 0.15) is 23.1 Å². The van der Waals surface area contributed by atoms with Gasteiger partial charge < -0.3 is 10.1 Å². The summed E-state index contributed by atoms with van der Waals surface area (Å²) in [6.07, 6.45) is 1.35. The molecule has 0 aliphatic heterocycles. The van der Waals surface area contributed by atoms with E-state index in [1.807, 2.05) is 0 Å². The number of aromatic nitrogens is 1. The van der Waals surface area contributed by atoms with Crippen molar-refractivity contribution in [3.05, 3.63) is 70.9 Å². The number of nitrogens with zero attached hydrogens (tertiary/aromatic N) is 1. The van der Waals surface area contributed by atoms with Crippen LogP contribution in [0.15, 0.2) is 53.6 Å². The van der Waals surface area contributed by atoms with E-state index in [9.17, 15) is 17.2 Å². The van der Waals surface area contributed by atoms with Crippen LogP contribution in [-0.2, 0) is 16.6 Å². The van der Waals surface area contributed by atoms with Gasteiger partial charge in [0, 0.05) is 35.0 Å². The summed E-state index contributed by atoms with van der Waals surface area (Å²) in [5, 5.41) is 3.15. The van der Waals surface area contributed by atoms with E-state index in [0.29, 0.717) is 11.6 Å². The van der Waals surface area contributed by atoms with Gasteiger partial charge in [0.25, 0.3) is 10.0 Å². The molecule has 28 heavy (non-hydrogen) atoms. The molecule has 5 nitrogen and oxygen atoms in total.